The van der Waals surface area contributed by atoms with Gasteiger partial charge in [0.05, 0.1) is 29.9 Å². The summed E-state index contributed by atoms with van der Waals surface area (Å²) in [6.07, 6.45) is 2.55. The van der Waals surface area contributed by atoms with E-state index in [0.717, 1.165) is 0 Å². The third kappa shape index (κ3) is 5.41. The van der Waals surface area contributed by atoms with Gasteiger partial charge in [-0.15, -0.1) is 0 Å². The fraction of sp³-hybridized carbons (Fsp3) is 0.304. The quantitative estimate of drug-likeness (QED) is 0.527. The molecule has 2 heterocycles. The SMILES string of the molecule is CC(C)Oc1ccc(S(=O)(=O)N2CCOCC2)cc1NC(=O)/C=C/c1nc2ccccc2o1. The van der Waals surface area contributed by atoms with E-state index in [9.17, 15) is 13.2 Å². The molecule has 0 aliphatic carbocycles. The van der Waals surface area contributed by atoms with Crippen molar-refractivity contribution in [3.8, 4) is 5.75 Å². The number of anilines is 1. The summed E-state index contributed by atoms with van der Waals surface area (Å²) in [7, 11) is -3.73. The van der Waals surface area contributed by atoms with Gasteiger partial charge in [0.25, 0.3) is 0 Å². The monoisotopic (exact) mass is 471 g/mol. The number of ether oxygens (including phenoxy) is 2. The van der Waals surface area contributed by atoms with E-state index in [1.54, 1.807) is 12.1 Å². The Balaban J connectivity index is 1.57. The Bertz CT molecular complexity index is 1240. The fourth-order valence-corrected chi connectivity index (χ4v) is 4.78. The molecule has 0 atom stereocenters. The van der Waals surface area contributed by atoms with Gasteiger partial charge in [0.2, 0.25) is 21.8 Å². The zero-order valence-electron chi connectivity index (χ0n) is 18.4. The molecule has 0 bridgehead atoms. The lowest BCUT2D eigenvalue weighted by atomic mass is 10.2. The van der Waals surface area contributed by atoms with E-state index in [1.165, 1.54) is 28.6 Å². The van der Waals surface area contributed by atoms with E-state index in [-0.39, 0.29) is 35.7 Å². The Labute approximate surface area is 192 Å². The molecule has 1 aliphatic rings. The van der Waals surface area contributed by atoms with Crippen LogP contribution in [0, 0.1) is 0 Å². The van der Waals surface area contributed by atoms with Gasteiger partial charge in [-0.3, -0.25) is 4.79 Å². The lowest BCUT2D eigenvalue weighted by Gasteiger charge is -2.26. The Hall–Kier alpha value is -3.21. The number of carbonyl (C=O) groups excluding carboxylic acids is 1. The van der Waals surface area contributed by atoms with E-state index >= 15 is 0 Å². The highest BCUT2D eigenvalue weighted by molar-refractivity contribution is 7.89. The Morgan fingerprint density at radius 2 is 1.94 bits per heavy atom. The van der Waals surface area contributed by atoms with Crippen LogP contribution < -0.4 is 10.1 Å². The average Bonchev–Trinajstić information content (AvgIpc) is 3.22. The minimum Gasteiger partial charge on any atom is -0.489 e. The van der Waals surface area contributed by atoms with Crippen molar-refractivity contribution in [3.05, 3.63) is 54.4 Å². The molecular weight excluding hydrogens is 446 g/mol. The van der Waals surface area contributed by atoms with Crippen LogP contribution in [0.4, 0.5) is 5.69 Å². The summed E-state index contributed by atoms with van der Waals surface area (Å²) in [5.74, 6) is 0.176. The highest BCUT2D eigenvalue weighted by atomic mass is 32.2. The number of rotatable bonds is 7. The summed E-state index contributed by atoms with van der Waals surface area (Å²) in [6.45, 7) is 4.94. The summed E-state index contributed by atoms with van der Waals surface area (Å²) in [4.78, 5) is 17.0. The first kappa shape index (κ1) is 23.0. The number of nitrogens with one attached hydrogen (secondary N) is 1. The van der Waals surface area contributed by atoms with Gasteiger partial charge in [-0.25, -0.2) is 13.4 Å². The zero-order chi connectivity index (χ0) is 23.4. The molecule has 1 saturated heterocycles. The molecule has 9 nitrogen and oxygen atoms in total. The summed E-state index contributed by atoms with van der Waals surface area (Å²) in [5, 5.41) is 2.71. The second kappa shape index (κ2) is 9.74. The number of para-hydroxylation sites is 2. The molecule has 0 spiro atoms. The molecule has 4 rings (SSSR count). The summed E-state index contributed by atoms with van der Waals surface area (Å²) in [5.41, 5.74) is 1.56. The van der Waals surface area contributed by atoms with E-state index < -0.39 is 15.9 Å². The highest BCUT2D eigenvalue weighted by Gasteiger charge is 2.27. The lowest BCUT2D eigenvalue weighted by molar-refractivity contribution is -0.111. The minimum absolute atomic E-state index is 0.0683. The van der Waals surface area contributed by atoms with Crippen LogP contribution >= 0.6 is 0 Å². The maximum absolute atomic E-state index is 13.0. The predicted octanol–water partition coefficient (Wildman–Crippen LogP) is 3.29. The fourth-order valence-electron chi connectivity index (χ4n) is 3.34. The van der Waals surface area contributed by atoms with Crippen LogP contribution in [-0.4, -0.2) is 56.0 Å². The average molecular weight is 472 g/mol. The van der Waals surface area contributed by atoms with Crippen molar-refractivity contribution in [2.75, 3.05) is 31.6 Å². The highest BCUT2D eigenvalue weighted by Crippen LogP contribution is 2.30. The number of amides is 1. The molecule has 0 radical (unpaired) electrons. The Morgan fingerprint density at radius 1 is 1.18 bits per heavy atom. The first-order valence-corrected chi connectivity index (χ1v) is 12.0. The molecule has 1 aliphatic heterocycles. The molecule has 0 saturated carbocycles. The van der Waals surface area contributed by atoms with Crippen molar-refractivity contribution in [2.24, 2.45) is 0 Å². The molecule has 1 aromatic heterocycles. The van der Waals surface area contributed by atoms with Crippen molar-refractivity contribution >= 4 is 38.8 Å². The molecule has 174 valence electrons. The molecule has 10 heteroatoms. The van der Waals surface area contributed by atoms with Crippen molar-refractivity contribution in [2.45, 2.75) is 24.8 Å². The van der Waals surface area contributed by atoms with Crippen LogP contribution in [-0.2, 0) is 19.6 Å². The summed E-state index contributed by atoms with van der Waals surface area (Å²) < 4.78 is 44.0. The first-order chi connectivity index (χ1) is 15.8. The number of sulfonamides is 1. The molecule has 1 fully saturated rings. The van der Waals surface area contributed by atoms with Gasteiger partial charge in [0.15, 0.2) is 5.58 Å². The second-order valence-electron chi connectivity index (χ2n) is 7.68. The lowest BCUT2D eigenvalue weighted by Crippen LogP contribution is -2.40. The number of fused-ring (bicyclic) bond motifs is 1. The molecule has 2 aromatic carbocycles. The molecule has 1 N–H and O–H groups in total. The number of hydrogen-bond donors (Lipinski definition) is 1. The van der Waals surface area contributed by atoms with Gasteiger partial charge in [0.1, 0.15) is 11.3 Å². The molecule has 3 aromatic rings. The van der Waals surface area contributed by atoms with Crippen LogP contribution in [0.1, 0.15) is 19.7 Å². The number of benzene rings is 2. The van der Waals surface area contributed by atoms with E-state index in [1.807, 2.05) is 32.0 Å². The topological polar surface area (TPSA) is 111 Å². The molecule has 33 heavy (non-hydrogen) atoms. The first-order valence-electron chi connectivity index (χ1n) is 10.6. The third-order valence-electron chi connectivity index (χ3n) is 4.87. The molecule has 0 unspecified atom stereocenters. The Kier molecular flexibility index (Phi) is 6.77. The van der Waals surface area contributed by atoms with Crippen molar-refractivity contribution in [1.82, 2.24) is 9.29 Å². The smallest absolute Gasteiger partial charge is 0.248 e. The number of nitrogens with zero attached hydrogens (tertiary/aromatic N) is 2. The van der Waals surface area contributed by atoms with Crippen LogP contribution in [0.25, 0.3) is 17.2 Å². The summed E-state index contributed by atoms with van der Waals surface area (Å²) >= 11 is 0. The van der Waals surface area contributed by atoms with Crippen LogP contribution in [0.2, 0.25) is 0 Å². The van der Waals surface area contributed by atoms with Crippen LogP contribution in [0.5, 0.6) is 5.75 Å². The van der Waals surface area contributed by atoms with Gasteiger partial charge < -0.3 is 19.2 Å². The van der Waals surface area contributed by atoms with Crippen molar-refractivity contribution in [3.63, 3.8) is 0 Å². The van der Waals surface area contributed by atoms with Gasteiger partial charge in [-0.1, -0.05) is 12.1 Å². The maximum atomic E-state index is 13.0. The second-order valence-corrected chi connectivity index (χ2v) is 9.62. The Morgan fingerprint density at radius 3 is 2.67 bits per heavy atom. The van der Waals surface area contributed by atoms with Gasteiger partial charge in [-0.2, -0.15) is 4.31 Å². The van der Waals surface area contributed by atoms with E-state index in [0.29, 0.717) is 30.1 Å². The normalized spacial score (nSPS) is 15.4. The van der Waals surface area contributed by atoms with Gasteiger partial charge in [0, 0.05) is 25.2 Å². The zero-order valence-corrected chi connectivity index (χ0v) is 19.2. The number of morpholine rings is 1. The standard InChI is InChI=1S/C23H25N3O6S/c1-16(2)31-21-8-7-17(33(28,29)26-11-13-30-14-12-26)15-19(21)24-22(27)9-10-23-25-18-5-3-4-6-20(18)32-23/h3-10,15-16H,11-14H2,1-2H3,(H,24,27)/b10-9+. The third-order valence-corrected chi connectivity index (χ3v) is 6.76. The van der Waals surface area contributed by atoms with Gasteiger partial charge in [-0.05, 0) is 44.2 Å². The number of carbonyl (C=O) groups is 1. The predicted molar refractivity (Wildman–Crippen MR) is 123 cm³/mol. The minimum atomic E-state index is -3.73. The van der Waals surface area contributed by atoms with Crippen molar-refractivity contribution < 1.29 is 27.1 Å². The number of hydrogen-bond acceptors (Lipinski definition) is 7. The van der Waals surface area contributed by atoms with Crippen LogP contribution in [0.3, 0.4) is 0 Å². The van der Waals surface area contributed by atoms with E-state index in [2.05, 4.69) is 10.3 Å². The maximum Gasteiger partial charge on any atom is 0.248 e. The largest absolute Gasteiger partial charge is 0.489 e. The van der Waals surface area contributed by atoms with Crippen molar-refractivity contribution in [1.29, 1.82) is 0 Å². The van der Waals surface area contributed by atoms with E-state index in [4.69, 9.17) is 13.9 Å². The molecular formula is C23H25N3O6S. The number of oxazole rings is 1. The summed E-state index contributed by atoms with van der Waals surface area (Å²) in [6, 6.07) is 11.7. The van der Waals surface area contributed by atoms with Gasteiger partial charge >= 0.3 is 0 Å². The number of aromatic nitrogens is 1. The van der Waals surface area contributed by atoms with Crippen LogP contribution in [0.15, 0.2) is 57.9 Å². The molecule has 1 amide bonds.